The number of benzene rings is 2. The van der Waals surface area contributed by atoms with Crippen molar-refractivity contribution in [1.82, 2.24) is 30.2 Å². The number of hydrogen-bond donors (Lipinski definition) is 2. The highest BCUT2D eigenvalue weighted by Crippen LogP contribution is 2.15. The fourth-order valence-corrected chi connectivity index (χ4v) is 4.02. The fraction of sp³-hybridized carbons (Fsp3) is 0.200. The van der Waals surface area contributed by atoms with Gasteiger partial charge >= 0.3 is 0 Å². The van der Waals surface area contributed by atoms with E-state index in [1.807, 2.05) is 6.92 Å². The number of nitrogens with one attached hydrogen (secondary N) is 2. The Bertz CT molecular complexity index is 1260. The van der Waals surface area contributed by atoms with Crippen LogP contribution in [0.25, 0.3) is 5.69 Å². The normalized spacial score (nSPS) is 11.4. The maximum absolute atomic E-state index is 12.6. The summed E-state index contributed by atoms with van der Waals surface area (Å²) in [6, 6.07) is 13.0. The third-order valence-electron chi connectivity index (χ3n) is 4.45. The number of amides is 2. The van der Waals surface area contributed by atoms with Gasteiger partial charge in [-0.1, -0.05) is 35.4 Å². The summed E-state index contributed by atoms with van der Waals surface area (Å²) in [6.45, 7) is 2.93. The minimum atomic E-state index is -3.86. The molecule has 2 amide bonds. The average Bonchev–Trinajstić information content (AvgIpc) is 3.14. The number of halogens is 1. The SMILES string of the molecule is Cc1ccc(S(=O)(=O)N(C)CC(=O)NNC(=O)c2nn(-c3cccc(Cl)c3)nc2C)cc1. The average molecular weight is 477 g/mol. The first-order valence-electron chi connectivity index (χ1n) is 9.40. The van der Waals surface area contributed by atoms with Gasteiger partial charge in [0.05, 0.1) is 22.8 Å². The molecule has 2 aromatic carbocycles. The van der Waals surface area contributed by atoms with E-state index < -0.39 is 28.4 Å². The van der Waals surface area contributed by atoms with E-state index in [1.165, 1.54) is 24.0 Å². The van der Waals surface area contributed by atoms with Gasteiger partial charge in [0.2, 0.25) is 10.0 Å². The molecular weight excluding hydrogens is 456 g/mol. The van der Waals surface area contributed by atoms with Crippen molar-refractivity contribution < 1.29 is 18.0 Å². The first kappa shape index (κ1) is 23.4. The molecule has 0 atom stereocenters. The van der Waals surface area contributed by atoms with Crippen molar-refractivity contribution in [2.75, 3.05) is 13.6 Å². The molecule has 0 saturated heterocycles. The van der Waals surface area contributed by atoms with Gasteiger partial charge in [-0.2, -0.15) is 14.2 Å². The molecule has 168 valence electrons. The standard InChI is InChI=1S/C20H21ClN6O4S/c1-13-7-9-17(10-8-13)32(30,31)26(3)12-18(28)22-23-20(29)19-14(2)24-27(25-19)16-6-4-5-15(21)11-16/h4-11H,12H2,1-3H3,(H,22,28)(H,23,29). The quantitative estimate of drug-likeness (QED) is 0.520. The first-order chi connectivity index (χ1) is 15.1. The Kier molecular flexibility index (Phi) is 6.92. The zero-order valence-electron chi connectivity index (χ0n) is 17.5. The Morgan fingerprint density at radius 2 is 1.75 bits per heavy atom. The van der Waals surface area contributed by atoms with Gasteiger partial charge in [-0.15, -0.1) is 5.10 Å². The molecule has 0 spiro atoms. The second-order valence-corrected chi connectivity index (χ2v) is 9.46. The van der Waals surface area contributed by atoms with Crippen molar-refractivity contribution in [3.63, 3.8) is 0 Å². The molecule has 1 heterocycles. The topological polar surface area (TPSA) is 126 Å². The molecule has 0 fully saturated rings. The Morgan fingerprint density at radius 3 is 2.41 bits per heavy atom. The number of nitrogens with zero attached hydrogens (tertiary/aromatic N) is 4. The van der Waals surface area contributed by atoms with Gasteiger partial charge in [0.25, 0.3) is 11.8 Å². The van der Waals surface area contributed by atoms with Gasteiger partial charge in [-0.05, 0) is 44.2 Å². The summed E-state index contributed by atoms with van der Waals surface area (Å²) in [5.74, 6) is -1.43. The predicted octanol–water partition coefficient (Wildman–Crippen LogP) is 1.62. The Balaban J connectivity index is 1.61. The van der Waals surface area contributed by atoms with Crippen LogP contribution in [-0.2, 0) is 14.8 Å². The van der Waals surface area contributed by atoms with Crippen LogP contribution in [0.3, 0.4) is 0 Å². The summed E-state index contributed by atoms with van der Waals surface area (Å²) in [7, 11) is -2.58. The molecule has 3 aromatic rings. The molecule has 0 bridgehead atoms. The lowest BCUT2D eigenvalue weighted by Gasteiger charge is -2.17. The van der Waals surface area contributed by atoms with Crippen LogP contribution in [0, 0.1) is 13.8 Å². The van der Waals surface area contributed by atoms with E-state index in [9.17, 15) is 18.0 Å². The van der Waals surface area contributed by atoms with Crippen molar-refractivity contribution >= 4 is 33.4 Å². The first-order valence-corrected chi connectivity index (χ1v) is 11.2. The molecular formula is C20H21ClN6O4S. The summed E-state index contributed by atoms with van der Waals surface area (Å²) in [4.78, 5) is 25.9. The smallest absolute Gasteiger partial charge is 0.272 e. The zero-order valence-corrected chi connectivity index (χ0v) is 19.1. The Hall–Kier alpha value is -3.28. The van der Waals surface area contributed by atoms with Crippen LogP contribution in [0.5, 0.6) is 0 Å². The van der Waals surface area contributed by atoms with Crippen molar-refractivity contribution in [3.05, 3.63) is 70.5 Å². The predicted molar refractivity (Wildman–Crippen MR) is 118 cm³/mol. The lowest BCUT2D eigenvalue weighted by atomic mass is 10.2. The molecule has 32 heavy (non-hydrogen) atoms. The minimum Gasteiger partial charge on any atom is -0.272 e. The van der Waals surface area contributed by atoms with Crippen LogP contribution in [-0.4, -0.2) is 53.1 Å². The number of carbonyl (C=O) groups is 2. The number of carbonyl (C=O) groups excluding carboxylic acids is 2. The molecule has 3 rings (SSSR count). The second kappa shape index (κ2) is 9.47. The number of hydrogen-bond acceptors (Lipinski definition) is 6. The highest BCUT2D eigenvalue weighted by Gasteiger charge is 2.23. The van der Waals surface area contributed by atoms with Gasteiger partial charge < -0.3 is 0 Å². The van der Waals surface area contributed by atoms with Gasteiger partial charge in [0.1, 0.15) is 0 Å². The lowest BCUT2D eigenvalue weighted by molar-refractivity contribution is -0.121. The summed E-state index contributed by atoms with van der Waals surface area (Å²) in [5, 5.41) is 8.79. The number of aromatic nitrogens is 3. The molecule has 10 nitrogen and oxygen atoms in total. The molecule has 0 aliphatic rings. The monoisotopic (exact) mass is 476 g/mol. The number of sulfonamides is 1. The van der Waals surface area contributed by atoms with Crippen LogP contribution in [0.2, 0.25) is 5.02 Å². The highest BCUT2D eigenvalue weighted by atomic mass is 35.5. The molecule has 0 saturated carbocycles. The van der Waals surface area contributed by atoms with E-state index in [-0.39, 0.29) is 10.6 Å². The Morgan fingerprint density at radius 1 is 1.06 bits per heavy atom. The molecule has 1 aromatic heterocycles. The highest BCUT2D eigenvalue weighted by molar-refractivity contribution is 7.89. The van der Waals surface area contributed by atoms with Crippen molar-refractivity contribution in [3.8, 4) is 5.69 Å². The summed E-state index contributed by atoms with van der Waals surface area (Å²) >= 11 is 5.97. The third-order valence-corrected chi connectivity index (χ3v) is 6.50. The maximum atomic E-state index is 12.6. The van der Waals surface area contributed by atoms with Crippen LogP contribution in [0.15, 0.2) is 53.4 Å². The summed E-state index contributed by atoms with van der Waals surface area (Å²) < 4.78 is 26.0. The van der Waals surface area contributed by atoms with Crippen LogP contribution < -0.4 is 10.9 Å². The van der Waals surface area contributed by atoms with E-state index in [2.05, 4.69) is 21.0 Å². The number of aryl methyl sites for hydroxylation is 2. The summed E-state index contributed by atoms with van der Waals surface area (Å²) in [6.07, 6.45) is 0. The third kappa shape index (κ3) is 5.31. The molecule has 0 unspecified atom stereocenters. The molecule has 12 heteroatoms. The van der Waals surface area contributed by atoms with Crippen molar-refractivity contribution in [2.24, 2.45) is 0 Å². The van der Waals surface area contributed by atoms with Crippen LogP contribution in [0.1, 0.15) is 21.7 Å². The zero-order chi connectivity index (χ0) is 23.5. The number of rotatable bonds is 6. The van der Waals surface area contributed by atoms with Gasteiger partial charge in [0, 0.05) is 12.1 Å². The summed E-state index contributed by atoms with van der Waals surface area (Å²) in [5.41, 5.74) is 6.20. The van der Waals surface area contributed by atoms with Crippen molar-refractivity contribution in [1.29, 1.82) is 0 Å². The van der Waals surface area contributed by atoms with E-state index in [1.54, 1.807) is 43.3 Å². The lowest BCUT2D eigenvalue weighted by Crippen LogP contribution is -2.47. The number of likely N-dealkylation sites (N-methyl/N-ethyl adjacent to an activating group) is 1. The fourth-order valence-electron chi connectivity index (χ4n) is 2.71. The number of hydrazine groups is 1. The van der Waals surface area contributed by atoms with E-state index >= 15 is 0 Å². The molecule has 0 aliphatic carbocycles. The Labute approximate surface area is 190 Å². The van der Waals surface area contributed by atoms with Crippen LogP contribution in [0.4, 0.5) is 0 Å². The van der Waals surface area contributed by atoms with Gasteiger partial charge in [-0.3, -0.25) is 20.4 Å². The molecule has 0 radical (unpaired) electrons. The largest absolute Gasteiger partial charge is 0.292 e. The molecule has 2 N–H and O–H groups in total. The van der Waals surface area contributed by atoms with E-state index in [0.29, 0.717) is 16.4 Å². The molecule has 0 aliphatic heterocycles. The van der Waals surface area contributed by atoms with E-state index in [4.69, 9.17) is 11.6 Å². The minimum absolute atomic E-state index is 0.00842. The van der Waals surface area contributed by atoms with Gasteiger partial charge in [0.15, 0.2) is 5.69 Å². The van der Waals surface area contributed by atoms with E-state index in [0.717, 1.165) is 9.87 Å². The van der Waals surface area contributed by atoms with Crippen molar-refractivity contribution in [2.45, 2.75) is 18.7 Å². The van der Waals surface area contributed by atoms with Crippen LogP contribution >= 0.6 is 11.6 Å². The second-order valence-electron chi connectivity index (χ2n) is 6.98. The van der Waals surface area contributed by atoms with Gasteiger partial charge in [-0.25, -0.2) is 8.42 Å². The maximum Gasteiger partial charge on any atom is 0.292 e.